The van der Waals surface area contributed by atoms with Crippen LogP contribution < -0.4 is 5.32 Å². The molecule has 0 spiro atoms. The van der Waals surface area contributed by atoms with E-state index in [2.05, 4.69) is 5.32 Å². The van der Waals surface area contributed by atoms with Crippen LogP contribution in [0.15, 0.2) is 0 Å². The average Bonchev–Trinajstić information content (AvgIpc) is 2.09. The molecule has 1 rings (SSSR count). The smallest absolute Gasteiger partial charge is 0.236 e. The third-order valence-electron chi connectivity index (χ3n) is 2.72. The van der Waals surface area contributed by atoms with Crippen molar-refractivity contribution in [3.63, 3.8) is 0 Å². The van der Waals surface area contributed by atoms with E-state index in [1.54, 1.807) is 7.05 Å². The summed E-state index contributed by atoms with van der Waals surface area (Å²) in [6.07, 6.45) is 4.17. The van der Waals surface area contributed by atoms with E-state index in [1.807, 2.05) is 4.90 Å². The van der Waals surface area contributed by atoms with E-state index in [4.69, 9.17) is 5.11 Å². The van der Waals surface area contributed by atoms with Crippen LogP contribution in [0.3, 0.4) is 0 Å². The summed E-state index contributed by atoms with van der Waals surface area (Å²) in [7, 11) is 1.78. The second-order valence-electron chi connectivity index (χ2n) is 3.78. The summed E-state index contributed by atoms with van der Waals surface area (Å²) in [5.74, 6) is 0.158. The van der Waals surface area contributed by atoms with Gasteiger partial charge in [-0.1, -0.05) is 0 Å². The zero-order valence-electron chi connectivity index (χ0n) is 8.83. The topological polar surface area (TPSA) is 52.6 Å². The van der Waals surface area contributed by atoms with Gasteiger partial charge in [0, 0.05) is 19.2 Å². The largest absolute Gasteiger partial charge is 0.396 e. The number of nitrogens with zero attached hydrogens (tertiary/aromatic N) is 1. The normalized spacial score (nSPS) is 16.4. The standard InChI is InChI=1S/C10H20N2O2/c1-11-8-10(14)12(6-3-7-13)9-4-2-5-9/h9,11,13H,2-8H2,1H3. The lowest BCUT2D eigenvalue weighted by Crippen LogP contribution is -2.47. The minimum atomic E-state index is 0.158. The van der Waals surface area contributed by atoms with Crippen LogP contribution in [0.5, 0.6) is 0 Å². The summed E-state index contributed by atoms with van der Waals surface area (Å²) in [6.45, 7) is 1.26. The Hall–Kier alpha value is -0.610. The highest BCUT2D eigenvalue weighted by molar-refractivity contribution is 5.78. The summed E-state index contributed by atoms with van der Waals surface area (Å²) in [6, 6.07) is 0.433. The quantitative estimate of drug-likeness (QED) is 0.633. The van der Waals surface area contributed by atoms with Gasteiger partial charge in [0.25, 0.3) is 0 Å². The van der Waals surface area contributed by atoms with Gasteiger partial charge in [0.05, 0.1) is 6.54 Å². The van der Waals surface area contributed by atoms with Gasteiger partial charge < -0.3 is 15.3 Å². The number of hydrogen-bond acceptors (Lipinski definition) is 3. The Morgan fingerprint density at radius 3 is 2.71 bits per heavy atom. The van der Waals surface area contributed by atoms with Crippen molar-refractivity contribution >= 4 is 5.91 Å². The summed E-state index contributed by atoms with van der Waals surface area (Å²) < 4.78 is 0. The first-order valence-corrected chi connectivity index (χ1v) is 5.34. The molecule has 0 radical (unpaired) electrons. The van der Waals surface area contributed by atoms with Crippen LogP contribution in [0.25, 0.3) is 0 Å². The van der Waals surface area contributed by atoms with Gasteiger partial charge in [-0.25, -0.2) is 0 Å². The molecule has 1 aliphatic carbocycles. The molecule has 4 heteroatoms. The molecule has 1 fully saturated rings. The maximum atomic E-state index is 11.7. The van der Waals surface area contributed by atoms with Crippen molar-refractivity contribution < 1.29 is 9.90 Å². The van der Waals surface area contributed by atoms with E-state index in [0.717, 1.165) is 12.8 Å². The van der Waals surface area contributed by atoms with Gasteiger partial charge in [0.15, 0.2) is 0 Å². The Labute approximate surface area is 85.3 Å². The second-order valence-corrected chi connectivity index (χ2v) is 3.78. The summed E-state index contributed by atoms with van der Waals surface area (Å²) in [4.78, 5) is 13.6. The predicted octanol–water partition coefficient (Wildman–Crippen LogP) is -0.0307. The molecule has 0 aromatic heterocycles. The second kappa shape index (κ2) is 5.98. The number of aliphatic hydroxyl groups is 1. The third kappa shape index (κ3) is 2.96. The van der Waals surface area contributed by atoms with E-state index in [1.165, 1.54) is 6.42 Å². The van der Waals surface area contributed by atoms with Crippen molar-refractivity contribution in [2.24, 2.45) is 0 Å². The van der Waals surface area contributed by atoms with Crippen molar-refractivity contribution in [1.82, 2.24) is 10.2 Å². The number of carbonyl (C=O) groups excluding carboxylic acids is 1. The predicted molar refractivity (Wildman–Crippen MR) is 55.0 cm³/mol. The molecule has 0 atom stereocenters. The Balaban J connectivity index is 2.38. The SMILES string of the molecule is CNCC(=O)N(CCCO)C1CCC1. The molecule has 0 aromatic carbocycles. The van der Waals surface area contributed by atoms with Crippen LogP contribution in [0.1, 0.15) is 25.7 Å². The number of rotatable bonds is 6. The molecule has 0 saturated heterocycles. The zero-order valence-corrected chi connectivity index (χ0v) is 8.83. The Bertz CT molecular complexity index is 181. The number of likely N-dealkylation sites (N-methyl/N-ethyl adjacent to an activating group) is 1. The van der Waals surface area contributed by atoms with Crippen LogP contribution >= 0.6 is 0 Å². The maximum Gasteiger partial charge on any atom is 0.236 e. The van der Waals surface area contributed by atoms with Crippen LogP contribution in [0.4, 0.5) is 0 Å². The molecular weight excluding hydrogens is 180 g/mol. The van der Waals surface area contributed by atoms with Crippen molar-refractivity contribution in [3.05, 3.63) is 0 Å². The van der Waals surface area contributed by atoms with E-state index >= 15 is 0 Å². The fourth-order valence-electron chi connectivity index (χ4n) is 1.70. The summed E-state index contributed by atoms with van der Waals surface area (Å²) >= 11 is 0. The molecule has 1 aliphatic rings. The van der Waals surface area contributed by atoms with Crippen molar-refractivity contribution in [3.8, 4) is 0 Å². The lowest BCUT2D eigenvalue weighted by Gasteiger charge is -2.37. The molecule has 1 amide bonds. The molecule has 0 aromatic rings. The van der Waals surface area contributed by atoms with Gasteiger partial charge in [0.2, 0.25) is 5.91 Å². The molecule has 0 unspecified atom stereocenters. The average molecular weight is 200 g/mol. The lowest BCUT2D eigenvalue weighted by atomic mass is 9.91. The van der Waals surface area contributed by atoms with Crippen LogP contribution in [0.2, 0.25) is 0 Å². The van der Waals surface area contributed by atoms with Gasteiger partial charge in [0.1, 0.15) is 0 Å². The number of carbonyl (C=O) groups is 1. The Morgan fingerprint density at radius 2 is 2.29 bits per heavy atom. The van der Waals surface area contributed by atoms with E-state index in [0.29, 0.717) is 25.6 Å². The Kier molecular flexibility index (Phi) is 4.90. The number of amides is 1. The van der Waals surface area contributed by atoms with E-state index < -0.39 is 0 Å². The first-order chi connectivity index (χ1) is 6.79. The first kappa shape index (κ1) is 11.5. The van der Waals surface area contributed by atoms with E-state index in [9.17, 15) is 4.79 Å². The number of aliphatic hydroxyl groups excluding tert-OH is 1. The molecule has 2 N–H and O–H groups in total. The lowest BCUT2D eigenvalue weighted by molar-refractivity contribution is -0.134. The van der Waals surface area contributed by atoms with Crippen molar-refractivity contribution in [2.45, 2.75) is 31.7 Å². The molecule has 14 heavy (non-hydrogen) atoms. The minimum Gasteiger partial charge on any atom is -0.396 e. The molecule has 0 aliphatic heterocycles. The van der Waals surface area contributed by atoms with Crippen LogP contribution in [-0.2, 0) is 4.79 Å². The molecular formula is C10H20N2O2. The van der Waals surface area contributed by atoms with Crippen molar-refractivity contribution in [2.75, 3.05) is 26.7 Å². The van der Waals surface area contributed by atoms with Crippen LogP contribution in [0, 0.1) is 0 Å². The monoisotopic (exact) mass is 200 g/mol. The maximum absolute atomic E-state index is 11.7. The third-order valence-corrected chi connectivity index (χ3v) is 2.72. The Morgan fingerprint density at radius 1 is 1.57 bits per heavy atom. The van der Waals surface area contributed by atoms with Gasteiger partial charge in [-0.2, -0.15) is 0 Å². The van der Waals surface area contributed by atoms with Gasteiger partial charge in [-0.3, -0.25) is 4.79 Å². The zero-order chi connectivity index (χ0) is 10.4. The summed E-state index contributed by atoms with van der Waals surface area (Å²) in [5, 5.41) is 11.6. The first-order valence-electron chi connectivity index (χ1n) is 5.34. The highest BCUT2D eigenvalue weighted by Gasteiger charge is 2.27. The van der Waals surface area contributed by atoms with Gasteiger partial charge in [-0.05, 0) is 32.7 Å². The van der Waals surface area contributed by atoms with E-state index in [-0.39, 0.29) is 12.5 Å². The molecule has 4 nitrogen and oxygen atoms in total. The molecule has 82 valence electrons. The highest BCUT2D eigenvalue weighted by Crippen LogP contribution is 2.24. The van der Waals surface area contributed by atoms with Crippen molar-refractivity contribution in [1.29, 1.82) is 0 Å². The molecule has 0 bridgehead atoms. The fraction of sp³-hybridized carbons (Fsp3) is 0.900. The fourth-order valence-corrected chi connectivity index (χ4v) is 1.70. The summed E-state index contributed by atoms with van der Waals surface area (Å²) in [5.41, 5.74) is 0. The van der Waals surface area contributed by atoms with Gasteiger partial charge >= 0.3 is 0 Å². The molecule has 1 saturated carbocycles. The van der Waals surface area contributed by atoms with Crippen LogP contribution in [-0.4, -0.2) is 48.7 Å². The number of hydrogen-bond donors (Lipinski definition) is 2. The number of nitrogens with one attached hydrogen (secondary N) is 1. The molecule has 0 heterocycles. The minimum absolute atomic E-state index is 0.158. The highest BCUT2D eigenvalue weighted by atomic mass is 16.3. The van der Waals surface area contributed by atoms with Gasteiger partial charge in [-0.15, -0.1) is 0 Å².